The summed E-state index contributed by atoms with van der Waals surface area (Å²) in [5.74, 6) is -1.64. The second-order valence-corrected chi connectivity index (χ2v) is 4.28. The minimum Gasteiger partial charge on any atom is -0.477 e. The number of nitrogens with zero attached hydrogens (tertiary/aromatic N) is 1. The summed E-state index contributed by atoms with van der Waals surface area (Å²) < 4.78 is 15.4. The number of rotatable bonds is 3. The molecule has 19 heavy (non-hydrogen) atoms. The molecule has 0 saturated carbocycles. The normalized spacial score (nSPS) is 10.9. The Kier molecular flexibility index (Phi) is 3.38. The first kappa shape index (κ1) is 13.3. The van der Waals surface area contributed by atoms with Gasteiger partial charge in [0.1, 0.15) is 11.4 Å². The number of fused-ring (bicyclic) bond motifs is 1. The molecule has 0 saturated heterocycles. The van der Waals surface area contributed by atoms with E-state index in [1.54, 1.807) is 18.4 Å². The summed E-state index contributed by atoms with van der Waals surface area (Å²) in [5, 5.41) is 9.29. The van der Waals surface area contributed by atoms with Gasteiger partial charge in [0.2, 0.25) is 5.43 Å². The first-order chi connectivity index (χ1) is 8.99. The van der Waals surface area contributed by atoms with Crippen molar-refractivity contribution in [1.82, 2.24) is 4.57 Å². The highest BCUT2D eigenvalue weighted by Crippen LogP contribution is 2.18. The average Bonchev–Trinajstić information content (AvgIpc) is 2.38. The van der Waals surface area contributed by atoms with Gasteiger partial charge in [0.05, 0.1) is 5.52 Å². The van der Waals surface area contributed by atoms with E-state index < -0.39 is 11.4 Å². The van der Waals surface area contributed by atoms with E-state index in [1.807, 2.05) is 0 Å². The van der Waals surface area contributed by atoms with Crippen LogP contribution in [0.5, 0.6) is 0 Å². The third-order valence-corrected chi connectivity index (χ3v) is 3.20. The predicted octanol–water partition coefficient (Wildman–Crippen LogP) is 2.42. The standard InChI is InChI=1S/C14H14FNO3/c1-3-8-5-9-12(6-11(8)15)16(4-2)7-10(13(9)17)14(18)19/h5-7H,3-4H2,1-2H3,(H,18,19). The van der Waals surface area contributed by atoms with E-state index in [2.05, 4.69) is 0 Å². The van der Waals surface area contributed by atoms with Crippen LogP contribution in [0.4, 0.5) is 4.39 Å². The second kappa shape index (κ2) is 4.84. The highest BCUT2D eigenvalue weighted by molar-refractivity contribution is 5.92. The summed E-state index contributed by atoms with van der Waals surface area (Å²) in [5.41, 5.74) is -0.0214. The number of benzene rings is 1. The molecule has 1 aromatic heterocycles. The van der Waals surface area contributed by atoms with Gasteiger partial charge in [-0.2, -0.15) is 0 Å². The Morgan fingerprint density at radius 1 is 1.37 bits per heavy atom. The van der Waals surface area contributed by atoms with Crippen molar-refractivity contribution in [3.63, 3.8) is 0 Å². The van der Waals surface area contributed by atoms with E-state index in [0.717, 1.165) is 0 Å². The van der Waals surface area contributed by atoms with E-state index in [4.69, 9.17) is 5.11 Å². The Morgan fingerprint density at radius 2 is 2.05 bits per heavy atom. The van der Waals surface area contributed by atoms with Crippen LogP contribution in [0.3, 0.4) is 0 Å². The molecule has 0 unspecified atom stereocenters. The third-order valence-electron chi connectivity index (χ3n) is 3.20. The van der Waals surface area contributed by atoms with Crippen LogP contribution in [-0.2, 0) is 13.0 Å². The maximum Gasteiger partial charge on any atom is 0.341 e. The molecule has 0 bridgehead atoms. The van der Waals surface area contributed by atoms with Crippen LogP contribution < -0.4 is 5.43 Å². The van der Waals surface area contributed by atoms with Crippen molar-refractivity contribution in [1.29, 1.82) is 0 Å². The van der Waals surface area contributed by atoms with Gasteiger partial charge in [-0.1, -0.05) is 6.92 Å². The minimum atomic E-state index is -1.27. The van der Waals surface area contributed by atoms with Gasteiger partial charge in [-0.15, -0.1) is 0 Å². The zero-order valence-electron chi connectivity index (χ0n) is 10.7. The van der Waals surface area contributed by atoms with Crippen LogP contribution >= 0.6 is 0 Å². The zero-order chi connectivity index (χ0) is 14.2. The molecule has 0 aliphatic heterocycles. The van der Waals surface area contributed by atoms with Crippen molar-refractivity contribution >= 4 is 16.9 Å². The molecule has 5 heteroatoms. The number of carboxylic acids is 1. The van der Waals surface area contributed by atoms with E-state index in [-0.39, 0.29) is 16.8 Å². The molecule has 1 aromatic carbocycles. The second-order valence-electron chi connectivity index (χ2n) is 4.28. The molecule has 100 valence electrons. The summed E-state index contributed by atoms with van der Waals surface area (Å²) in [6, 6.07) is 2.75. The Morgan fingerprint density at radius 3 is 2.58 bits per heavy atom. The Balaban J connectivity index is 2.95. The smallest absolute Gasteiger partial charge is 0.341 e. The molecule has 0 fully saturated rings. The molecule has 0 amide bonds. The molecule has 2 aromatic rings. The van der Waals surface area contributed by atoms with Gasteiger partial charge < -0.3 is 9.67 Å². The van der Waals surface area contributed by atoms with Gasteiger partial charge in [-0.05, 0) is 31.0 Å². The first-order valence-corrected chi connectivity index (χ1v) is 6.08. The molecule has 2 rings (SSSR count). The molecule has 0 radical (unpaired) electrons. The summed E-state index contributed by atoms with van der Waals surface area (Å²) in [7, 11) is 0. The fourth-order valence-corrected chi connectivity index (χ4v) is 2.14. The topological polar surface area (TPSA) is 59.3 Å². The van der Waals surface area contributed by atoms with E-state index >= 15 is 0 Å². The van der Waals surface area contributed by atoms with Gasteiger partial charge >= 0.3 is 5.97 Å². The fourth-order valence-electron chi connectivity index (χ4n) is 2.14. The van der Waals surface area contributed by atoms with Crippen LogP contribution in [0.2, 0.25) is 0 Å². The Labute approximate surface area is 109 Å². The van der Waals surface area contributed by atoms with E-state index in [1.165, 1.54) is 18.3 Å². The molecule has 4 nitrogen and oxygen atoms in total. The van der Waals surface area contributed by atoms with Crippen LogP contribution in [0.1, 0.15) is 29.8 Å². The van der Waals surface area contributed by atoms with Gasteiger partial charge in [0.15, 0.2) is 0 Å². The van der Waals surface area contributed by atoms with Gasteiger partial charge in [-0.3, -0.25) is 4.79 Å². The SMILES string of the molecule is CCc1cc2c(=O)c(C(=O)O)cn(CC)c2cc1F. The Hall–Kier alpha value is -2.17. The summed E-state index contributed by atoms with van der Waals surface area (Å²) in [4.78, 5) is 23.2. The molecule has 0 spiro atoms. The molecule has 0 aliphatic carbocycles. The van der Waals surface area contributed by atoms with Crippen molar-refractivity contribution in [2.75, 3.05) is 0 Å². The van der Waals surface area contributed by atoms with Crippen molar-refractivity contribution in [2.45, 2.75) is 26.8 Å². The predicted molar refractivity (Wildman–Crippen MR) is 70.2 cm³/mol. The molecule has 1 heterocycles. The summed E-state index contributed by atoms with van der Waals surface area (Å²) in [6.07, 6.45) is 1.71. The number of aryl methyl sites for hydroxylation is 2. The number of pyridine rings is 1. The number of hydrogen-bond donors (Lipinski definition) is 1. The number of carboxylic acid groups (broad SMARTS) is 1. The molecule has 1 N–H and O–H groups in total. The maximum atomic E-state index is 13.8. The summed E-state index contributed by atoms with van der Waals surface area (Å²) >= 11 is 0. The van der Waals surface area contributed by atoms with Crippen molar-refractivity contribution in [3.05, 3.63) is 45.5 Å². The monoisotopic (exact) mass is 263 g/mol. The molecule has 0 aliphatic rings. The van der Waals surface area contributed by atoms with Crippen LogP contribution in [0.25, 0.3) is 10.9 Å². The largest absolute Gasteiger partial charge is 0.477 e. The highest BCUT2D eigenvalue weighted by Gasteiger charge is 2.15. The lowest BCUT2D eigenvalue weighted by atomic mass is 10.1. The van der Waals surface area contributed by atoms with Crippen LogP contribution in [-0.4, -0.2) is 15.6 Å². The summed E-state index contributed by atoms with van der Waals surface area (Å²) in [6.45, 7) is 4.05. The molecule has 0 atom stereocenters. The van der Waals surface area contributed by atoms with Crippen LogP contribution in [0.15, 0.2) is 23.1 Å². The minimum absolute atomic E-state index is 0.250. The van der Waals surface area contributed by atoms with E-state index in [0.29, 0.717) is 24.0 Å². The highest BCUT2D eigenvalue weighted by atomic mass is 19.1. The quantitative estimate of drug-likeness (QED) is 0.925. The Bertz CT molecular complexity index is 719. The lowest BCUT2D eigenvalue weighted by Crippen LogP contribution is -2.19. The first-order valence-electron chi connectivity index (χ1n) is 6.08. The number of carbonyl (C=O) groups is 1. The number of aromatic carboxylic acids is 1. The molecular weight excluding hydrogens is 249 g/mol. The fraction of sp³-hybridized carbons (Fsp3) is 0.286. The lowest BCUT2D eigenvalue weighted by Gasteiger charge is -2.11. The lowest BCUT2D eigenvalue weighted by molar-refractivity contribution is 0.0695. The number of halogens is 1. The molecular formula is C14H14FNO3. The van der Waals surface area contributed by atoms with Crippen molar-refractivity contribution in [3.8, 4) is 0 Å². The van der Waals surface area contributed by atoms with E-state index in [9.17, 15) is 14.0 Å². The average molecular weight is 263 g/mol. The van der Waals surface area contributed by atoms with Gasteiger partial charge in [0, 0.05) is 18.1 Å². The van der Waals surface area contributed by atoms with Crippen molar-refractivity contribution in [2.24, 2.45) is 0 Å². The third kappa shape index (κ3) is 2.12. The van der Waals surface area contributed by atoms with Crippen molar-refractivity contribution < 1.29 is 14.3 Å². The van der Waals surface area contributed by atoms with Gasteiger partial charge in [0.25, 0.3) is 0 Å². The number of aromatic nitrogens is 1. The maximum absolute atomic E-state index is 13.8. The van der Waals surface area contributed by atoms with Crippen LogP contribution in [0, 0.1) is 5.82 Å². The number of hydrogen-bond acceptors (Lipinski definition) is 2. The van der Waals surface area contributed by atoms with Gasteiger partial charge in [-0.25, -0.2) is 9.18 Å². The zero-order valence-corrected chi connectivity index (χ0v) is 10.7.